The third-order valence-corrected chi connectivity index (χ3v) is 5.94. The number of hydrogen-bond donors (Lipinski definition) is 0. The largest absolute Gasteiger partial charge is 0.463 e. The van der Waals surface area contributed by atoms with Crippen LogP contribution in [0.2, 0.25) is 0 Å². The molecule has 8 nitrogen and oxygen atoms in total. The number of hydrogen-bond acceptors (Lipinski definition) is 8. The van der Waals surface area contributed by atoms with Crippen molar-refractivity contribution in [1.82, 2.24) is 9.55 Å². The molecular weight excluding hydrogens is 442 g/mol. The summed E-state index contributed by atoms with van der Waals surface area (Å²) in [7, 11) is 0. The first-order chi connectivity index (χ1) is 15.9. The average Bonchev–Trinajstić information content (AvgIpc) is 3.08. The van der Waals surface area contributed by atoms with Gasteiger partial charge in [-0.3, -0.25) is 19.1 Å². The zero-order chi connectivity index (χ0) is 23.5. The van der Waals surface area contributed by atoms with Crippen molar-refractivity contribution in [2.45, 2.75) is 26.8 Å². The summed E-state index contributed by atoms with van der Waals surface area (Å²) in [5, 5.41) is 0. The highest BCUT2D eigenvalue weighted by Gasteiger charge is 2.33. The van der Waals surface area contributed by atoms with Gasteiger partial charge in [0.15, 0.2) is 4.80 Å². The average molecular weight is 464 g/mol. The van der Waals surface area contributed by atoms with Crippen LogP contribution in [-0.4, -0.2) is 28.1 Å². The van der Waals surface area contributed by atoms with Gasteiger partial charge in [-0.25, -0.2) is 9.79 Å². The second-order valence-corrected chi connectivity index (χ2v) is 8.26. The second kappa shape index (κ2) is 9.33. The Labute approximate surface area is 193 Å². The number of rotatable bonds is 5. The van der Waals surface area contributed by atoms with Crippen molar-refractivity contribution in [2.75, 3.05) is 6.61 Å². The third-order valence-electron chi connectivity index (χ3n) is 4.96. The van der Waals surface area contributed by atoms with E-state index in [1.165, 1.54) is 22.8 Å². The maximum Gasteiger partial charge on any atom is 0.338 e. The lowest BCUT2D eigenvalue weighted by atomic mass is 9.96. The SMILES string of the molecule is CCOC(=O)C1=C(C)N=c2s/c(=C/c3cccnc3)c(=O)n2C1c1ccc(OC(C)=O)cc1. The lowest BCUT2D eigenvalue weighted by Gasteiger charge is -2.24. The Balaban J connectivity index is 1.90. The zero-order valence-corrected chi connectivity index (χ0v) is 19.1. The van der Waals surface area contributed by atoms with Crippen molar-refractivity contribution < 1.29 is 19.1 Å². The Kier molecular flexibility index (Phi) is 6.32. The van der Waals surface area contributed by atoms with Crippen molar-refractivity contribution in [3.63, 3.8) is 0 Å². The van der Waals surface area contributed by atoms with Crippen LogP contribution in [0.15, 0.2) is 69.8 Å². The highest BCUT2D eigenvalue weighted by Crippen LogP contribution is 2.31. The van der Waals surface area contributed by atoms with E-state index in [1.807, 2.05) is 6.07 Å². The topological polar surface area (TPSA) is 99.9 Å². The molecular formula is C24H21N3O5S. The number of fused-ring (bicyclic) bond motifs is 1. The first kappa shape index (κ1) is 22.3. The van der Waals surface area contributed by atoms with Gasteiger partial charge in [0, 0.05) is 19.3 Å². The molecule has 1 aliphatic rings. The molecule has 33 heavy (non-hydrogen) atoms. The lowest BCUT2D eigenvalue weighted by molar-refractivity contribution is -0.139. The minimum absolute atomic E-state index is 0.194. The molecule has 1 unspecified atom stereocenters. The van der Waals surface area contributed by atoms with E-state index in [-0.39, 0.29) is 17.7 Å². The smallest absolute Gasteiger partial charge is 0.338 e. The number of esters is 2. The van der Waals surface area contributed by atoms with E-state index >= 15 is 0 Å². The summed E-state index contributed by atoms with van der Waals surface area (Å²) in [6.07, 6.45) is 5.08. The van der Waals surface area contributed by atoms with Crippen molar-refractivity contribution in [3.8, 4) is 5.75 Å². The zero-order valence-electron chi connectivity index (χ0n) is 18.3. The van der Waals surface area contributed by atoms with Gasteiger partial charge in [0.05, 0.1) is 28.5 Å². The standard InChI is InChI=1S/C24H21N3O5S/c1-4-31-23(30)20-14(2)26-24-27(21(20)17-7-9-18(10-8-17)32-15(3)28)22(29)19(33-24)12-16-6-5-11-25-13-16/h5-13,21H,4H2,1-3H3/b19-12+. The van der Waals surface area contributed by atoms with Gasteiger partial charge in [-0.1, -0.05) is 29.5 Å². The highest BCUT2D eigenvalue weighted by atomic mass is 32.1. The summed E-state index contributed by atoms with van der Waals surface area (Å²) < 4.78 is 12.4. The van der Waals surface area contributed by atoms with Gasteiger partial charge in [0.1, 0.15) is 5.75 Å². The molecule has 0 spiro atoms. The normalized spacial score (nSPS) is 15.6. The molecule has 1 aliphatic heterocycles. The molecule has 2 aromatic heterocycles. The summed E-state index contributed by atoms with van der Waals surface area (Å²) in [4.78, 5) is 46.7. The van der Waals surface area contributed by atoms with Crippen LogP contribution in [0.25, 0.3) is 6.08 Å². The van der Waals surface area contributed by atoms with Crippen molar-refractivity contribution in [1.29, 1.82) is 0 Å². The third kappa shape index (κ3) is 4.54. The molecule has 0 radical (unpaired) electrons. The molecule has 0 saturated heterocycles. The molecule has 0 aliphatic carbocycles. The van der Waals surface area contributed by atoms with Gasteiger partial charge < -0.3 is 9.47 Å². The first-order valence-electron chi connectivity index (χ1n) is 10.3. The molecule has 3 heterocycles. The molecule has 1 aromatic carbocycles. The quantitative estimate of drug-likeness (QED) is 0.425. The molecule has 168 valence electrons. The summed E-state index contributed by atoms with van der Waals surface area (Å²) >= 11 is 1.24. The van der Waals surface area contributed by atoms with Crippen molar-refractivity contribution in [3.05, 3.63) is 90.9 Å². The number of nitrogens with zero attached hydrogens (tertiary/aromatic N) is 3. The second-order valence-electron chi connectivity index (χ2n) is 7.25. The van der Waals surface area contributed by atoms with Gasteiger partial charge in [0.25, 0.3) is 5.56 Å². The summed E-state index contributed by atoms with van der Waals surface area (Å²) in [6.45, 7) is 4.96. The van der Waals surface area contributed by atoms with Crippen LogP contribution in [0.1, 0.15) is 37.9 Å². The molecule has 0 fully saturated rings. The highest BCUT2D eigenvalue weighted by molar-refractivity contribution is 7.07. The Hall–Kier alpha value is -3.85. The number of benzene rings is 1. The van der Waals surface area contributed by atoms with E-state index in [0.29, 0.717) is 26.3 Å². The van der Waals surface area contributed by atoms with Gasteiger partial charge in [-0.2, -0.15) is 0 Å². The monoisotopic (exact) mass is 463 g/mol. The summed E-state index contributed by atoms with van der Waals surface area (Å²) in [6, 6.07) is 9.60. The fraction of sp³-hybridized carbons (Fsp3) is 0.208. The fourth-order valence-corrected chi connectivity index (χ4v) is 4.65. The molecule has 0 amide bonds. The number of carbonyl (C=O) groups is 2. The van der Waals surface area contributed by atoms with Crippen molar-refractivity contribution >= 4 is 29.4 Å². The van der Waals surface area contributed by atoms with Crippen LogP contribution < -0.4 is 19.6 Å². The Bertz CT molecular complexity index is 1420. The number of carbonyl (C=O) groups excluding carboxylic acids is 2. The number of pyridine rings is 1. The van der Waals surface area contributed by atoms with E-state index in [2.05, 4.69) is 9.98 Å². The lowest BCUT2D eigenvalue weighted by Crippen LogP contribution is -2.39. The fourth-order valence-electron chi connectivity index (χ4n) is 3.60. The van der Waals surface area contributed by atoms with Gasteiger partial charge in [-0.15, -0.1) is 0 Å². The minimum Gasteiger partial charge on any atom is -0.463 e. The molecule has 1 atom stereocenters. The summed E-state index contributed by atoms with van der Waals surface area (Å²) in [5.41, 5.74) is 1.95. The summed E-state index contributed by atoms with van der Waals surface area (Å²) in [5.74, 6) is -0.600. The van der Waals surface area contributed by atoms with E-state index in [1.54, 1.807) is 62.6 Å². The van der Waals surface area contributed by atoms with Crippen LogP contribution in [0.5, 0.6) is 5.75 Å². The molecule has 9 heteroatoms. The van der Waals surface area contributed by atoms with Crippen LogP contribution in [0, 0.1) is 0 Å². The van der Waals surface area contributed by atoms with E-state index in [0.717, 1.165) is 5.56 Å². The Morgan fingerprint density at radius 2 is 1.97 bits per heavy atom. The van der Waals surface area contributed by atoms with E-state index in [9.17, 15) is 14.4 Å². The predicted octanol–water partition coefficient (Wildman–Crippen LogP) is 2.12. The number of thiazole rings is 1. The van der Waals surface area contributed by atoms with Gasteiger partial charge in [0.2, 0.25) is 0 Å². The molecule has 0 saturated carbocycles. The number of ether oxygens (including phenoxy) is 2. The van der Waals surface area contributed by atoms with E-state index < -0.39 is 18.0 Å². The van der Waals surface area contributed by atoms with Crippen LogP contribution in [0.4, 0.5) is 0 Å². The van der Waals surface area contributed by atoms with Crippen molar-refractivity contribution in [2.24, 2.45) is 4.99 Å². The van der Waals surface area contributed by atoms with Crippen LogP contribution in [0.3, 0.4) is 0 Å². The van der Waals surface area contributed by atoms with Crippen LogP contribution in [-0.2, 0) is 14.3 Å². The minimum atomic E-state index is -0.734. The number of aromatic nitrogens is 2. The van der Waals surface area contributed by atoms with Crippen LogP contribution >= 0.6 is 11.3 Å². The van der Waals surface area contributed by atoms with Gasteiger partial charge >= 0.3 is 11.9 Å². The van der Waals surface area contributed by atoms with E-state index in [4.69, 9.17) is 9.47 Å². The predicted molar refractivity (Wildman–Crippen MR) is 122 cm³/mol. The molecule has 3 aromatic rings. The molecule has 0 N–H and O–H groups in total. The molecule has 4 rings (SSSR count). The first-order valence-corrected chi connectivity index (χ1v) is 11.1. The maximum absolute atomic E-state index is 13.5. The van der Waals surface area contributed by atoms with Gasteiger partial charge in [-0.05, 0) is 49.2 Å². The Morgan fingerprint density at radius 1 is 1.21 bits per heavy atom. The Morgan fingerprint density at radius 3 is 2.61 bits per heavy atom. The molecule has 0 bridgehead atoms. The number of allylic oxidation sites excluding steroid dienone is 1. The maximum atomic E-state index is 13.5.